The van der Waals surface area contributed by atoms with Crippen molar-refractivity contribution in [3.8, 4) is 5.75 Å². The van der Waals surface area contributed by atoms with Crippen LogP contribution in [0.25, 0.3) is 0 Å². The highest BCUT2D eigenvalue weighted by Crippen LogP contribution is 2.25. The minimum Gasteiger partial charge on any atom is -0.497 e. The average molecular weight is 279 g/mol. The molecule has 2 N–H and O–H groups in total. The van der Waals surface area contributed by atoms with E-state index in [4.69, 9.17) is 4.74 Å². The Kier molecular flexibility index (Phi) is 4.70. The number of aryl methyl sites for hydroxylation is 1. The van der Waals surface area contributed by atoms with Gasteiger partial charge in [0.2, 0.25) is 5.13 Å². The normalized spacial score (nSPS) is 12.2. The van der Waals surface area contributed by atoms with Crippen LogP contribution in [0.2, 0.25) is 0 Å². The van der Waals surface area contributed by atoms with Gasteiger partial charge in [0.25, 0.3) is 0 Å². The summed E-state index contributed by atoms with van der Waals surface area (Å²) in [5, 5.41) is 13.3. The highest BCUT2D eigenvalue weighted by molar-refractivity contribution is 7.09. The van der Waals surface area contributed by atoms with Crippen LogP contribution in [0.15, 0.2) is 24.3 Å². The quantitative estimate of drug-likeness (QED) is 0.850. The molecule has 0 fully saturated rings. The highest BCUT2D eigenvalue weighted by atomic mass is 32.1. The van der Waals surface area contributed by atoms with Crippen molar-refractivity contribution >= 4 is 16.7 Å². The number of rotatable bonds is 6. The number of nitrogens with zero attached hydrogens (tertiary/aromatic N) is 2. The summed E-state index contributed by atoms with van der Waals surface area (Å²) >= 11 is 1.33. The van der Waals surface area contributed by atoms with Crippen LogP contribution in [-0.2, 0) is 0 Å². The number of anilines is 1. The standard InChI is InChI=1S/C13H17N3O2S/c1-9-14-13(19-16-9)15-12(7-8-17)10-3-5-11(18-2)6-4-10/h3-6,12,17H,7-8H2,1-2H3,(H,14,15,16). The fourth-order valence-corrected chi connectivity index (χ4v) is 2.42. The number of aliphatic hydroxyl groups is 1. The number of nitrogens with one attached hydrogen (secondary N) is 1. The van der Waals surface area contributed by atoms with Crippen molar-refractivity contribution in [3.05, 3.63) is 35.7 Å². The van der Waals surface area contributed by atoms with Gasteiger partial charge in [0.1, 0.15) is 11.6 Å². The Bertz CT molecular complexity index is 513. The number of hydrogen-bond acceptors (Lipinski definition) is 6. The summed E-state index contributed by atoms with van der Waals surface area (Å²) in [6.45, 7) is 1.97. The molecule has 5 nitrogen and oxygen atoms in total. The molecule has 1 aromatic heterocycles. The molecule has 0 aliphatic carbocycles. The Morgan fingerprint density at radius 1 is 1.37 bits per heavy atom. The fraction of sp³-hybridized carbons (Fsp3) is 0.385. The second kappa shape index (κ2) is 6.49. The molecule has 0 amide bonds. The molecule has 2 aromatic rings. The van der Waals surface area contributed by atoms with Crippen molar-refractivity contribution < 1.29 is 9.84 Å². The Balaban J connectivity index is 2.13. The first kappa shape index (κ1) is 13.8. The van der Waals surface area contributed by atoms with Crippen molar-refractivity contribution in [1.29, 1.82) is 0 Å². The van der Waals surface area contributed by atoms with Crippen LogP contribution >= 0.6 is 11.5 Å². The highest BCUT2D eigenvalue weighted by Gasteiger charge is 2.13. The lowest BCUT2D eigenvalue weighted by molar-refractivity contribution is 0.280. The summed E-state index contributed by atoms with van der Waals surface area (Å²) in [5.74, 6) is 1.57. The zero-order valence-corrected chi connectivity index (χ0v) is 11.8. The third kappa shape index (κ3) is 3.65. The smallest absolute Gasteiger partial charge is 0.203 e. The maximum Gasteiger partial charge on any atom is 0.203 e. The van der Waals surface area contributed by atoms with Crippen LogP contribution in [0, 0.1) is 6.92 Å². The molecule has 1 unspecified atom stereocenters. The summed E-state index contributed by atoms with van der Waals surface area (Å²) in [6, 6.07) is 7.81. The van der Waals surface area contributed by atoms with Gasteiger partial charge in [-0.15, -0.1) is 0 Å². The van der Waals surface area contributed by atoms with Gasteiger partial charge >= 0.3 is 0 Å². The van der Waals surface area contributed by atoms with E-state index in [0.717, 1.165) is 22.3 Å². The molecule has 102 valence electrons. The third-order valence-corrected chi connectivity index (χ3v) is 3.50. The summed E-state index contributed by atoms with van der Waals surface area (Å²) in [7, 11) is 1.64. The van der Waals surface area contributed by atoms with Crippen molar-refractivity contribution in [2.45, 2.75) is 19.4 Å². The van der Waals surface area contributed by atoms with Crippen LogP contribution in [0.1, 0.15) is 23.9 Å². The van der Waals surface area contributed by atoms with Gasteiger partial charge in [-0.05, 0) is 31.0 Å². The topological polar surface area (TPSA) is 67.3 Å². The molecule has 0 aliphatic heterocycles. The molecule has 0 radical (unpaired) electrons. The minimum absolute atomic E-state index is 0.0169. The zero-order valence-electron chi connectivity index (χ0n) is 11.0. The Hall–Kier alpha value is -1.66. The SMILES string of the molecule is COc1ccc(C(CCO)Nc2nc(C)ns2)cc1. The largest absolute Gasteiger partial charge is 0.497 e. The number of aromatic nitrogens is 2. The van der Waals surface area contributed by atoms with E-state index >= 15 is 0 Å². The van der Waals surface area contributed by atoms with E-state index in [2.05, 4.69) is 14.7 Å². The Morgan fingerprint density at radius 3 is 2.63 bits per heavy atom. The molecular formula is C13H17N3O2S. The lowest BCUT2D eigenvalue weighted by atomic mass is 10.0. The number of benzene rings is 1. The molecule has 0 aliphatic rings. The van der Waals surface area contributed by atoms with Gasteiger partial charge < -0.3 is 15.2 Å². The summed E-state index contributed by atoms with van der Waals surface area (Å²) in [4.78, 5) is 4.28. The van der Waals surface area contributed by atoms with Crippen molar-refractivity contribution in [2.24, 2.45) is 0 Å². The molecule has 2 rings (SSSR count). The first-order valence-electron chi connectivity index (χ1n) is 6.04. The molecule has 0 saturated heterocycles. The Labute approximate surface area is 116 Å². The average Bonchev–Trinajstić information content (AvgIpc) is 2.84. The van der Waals surface area contributed by atoms with Crippen molar-refractivity contribution in [2.75, 3.05) is 19.0 Å². The van der Waals surface area contributed by atoms with E-state index in [1.54, 1.807) is 7.11 Å². The molecular weight excluding hydrogens is 262 g/mol. The van der Waals surface area contributed by atoms with E-state index in [1.807, 2.05) is 31.2 Å². The first-order valence-corrected chi connectivity index (χ1v) is 6.82. The van der Waals surface area contributed by atoms with Gasteiger partial charge in [-0.1, -0.05) is 12.1 Å². The monoisotopic (exact) mass is 279 g/mol. The molecule has 19 heavy (non-hydrogen) atoms. The van der Waals surface area contributed by atoms with Gasteiger partial charge in [0.05, 0.1) is 13.2 Å². The van der Waals surface area contributed by atoms with Gasteiger partial charge in [0, 0.05) is 18.1 Å². The second-order valence-corrected chi connectivity index (χ2v) is 4.88. The molecule has 1 heterocycles. The van der Waals surface area contributed by atoms with Crippen LogP contribution < -0.4 is 10.1 Å². The molecule has 6 heteroatoms. The van der Waals surface area contributed by atoms with Gasteiger partial charge in [0.15, 0.2) is 0 Å². The van der Waals surface area contributed by atoms with E-state index < -0.39 is 0 Å². The molecule has 0 bridgehead atoms. The minimum atomic E-state index is 0.0169. The summed E-state index contributed by atoms with van der Waals surface area (Å²) in [5.41, 5.74) is 1.09. The van der Waals surface area contributed by atoms with Gasteiger partial charge in [-0.2, -0.15) is 4.37 Å². The van der Waals surface area contributed by atoms with Gasteiger partial charge in [-0.25, -0.2) is 4.98 Å². The summed E-state index contributed by atoms with van der Waals surface area (Å²) in [6.07, 6.45) is 0.616. The van der Waals surface area contributed by atoms with Gasteiger partial charge in [-0.3, -0.25) is 0 Å². The lowest BCUT2D eigenvalue weighted by Crippen LogP contribution is -2.12. The number of methoxy groups -OCH3 is 1. The number of aliphatic hydroxyl groups excluding tert-OH is 1. The first-order chi connectivity index (χ1) is 9.22. The number of ether oxygens (including phenoxy) is 1. The third-order valence-electron chi connectivity index (χ3n) is 2.76. The van der Waals surface area contributed by atoms with Crippen LogP contribution in [0.3, 0.4) is 0 Å². The maximum atomic E-state index is 9.18. The van der Waals surface area contributed by atoms with E-state index in [1.165, 1.54) is 11.5 Å². The molecule has 0 saturated carbocycles. The predicted octanol–water partition coefficient (Wildman–Crippen LogP) is 2.39. The van der Waals surface area contributed by atoms with E-state index in [9.17, 15) is 5.11 Å². The van der Waals surface area contributed by atoms with E-state index in [-0.39, 0.29) is 12.6 Å². The lowest BCUT2D eigenvalue weighted by Gasteiger charge is -2.17. The maximum absolute atomic E-state index is 9.18. The molecule has 0 spiro atoms. The van der Waals surface area contributed by atoms with Crippen LogP contribution in [0.4, 0.5) is 5.13 Å². The summed E-state index contributed by atoms with van der Waals surface area (Å²) < 4.78 is 9.28. The van der Waals surface area contributed by atoms with Crippen molar-refractivity contribution in [1.82, 2.24) is 9.36 Å². The Morgan fingerprint density at radius 2 is 2.11 bits per heavy atom. The van der Waals surface area contributed by atoms with Crippen molar-refractivity contribution in [3.63, 3.8) is 0 Å². The van der Waals surface area contributed by atoms with Crippen LogP contribution in [-0.4, -0.2) is 28.2 Å². The van der Waals surface area contributed by atoms with E-state index in [0.29, 0.717) is 6.42 Å². The predicted molar refractivity (Wildman–Crippen MR) is 75.7 cm³/mol. The molecule has 1 aromatic carbocycles. The zero-order chi connectivity index (χ0) is 13.7. The molecule has 1 atom stereocenters. The second-order valence-electron chi connectivity index (χ2n) is 4.13. The van der Waals surface area contributed by atoms with Crippen LogP contribution in [0.5, 0.6) is 5.75 Å². The fourth-order valence-electron chi connectivity index (χ4n) is 1.79. The number of hydrogen-bond donors (Lipinski definition) is 2.